The first kappa shape index (κ1) is 9.52. The molecule has 12 heavy (non-hydrogen) atoms. The number of nitrogens with one attached hydrogen (secondary N) is 1. The van der Waals surface area contributed by atoms with Crippen LogP contribution in [0.25, 0.3) is 0 Å². The van der Waals surface area contributed by atoms with Crippen LogP contribution in [0.15, 0.2) is 0 Å². The molecule has 3 heteroatoms. The van der Waals surface area contributed by atoms with Crippen LogP contribution >= 0.6 is 0 Å². The van der Waals surface area contributed by atoms with Gasteiger partial charge in [0, 0.05) is 32.6 Å². The summed E-state index contributed by atoms with van der Waals surface area (Å²) < 4.78 is 0. The third kappa shape index (κ3) is 2.81. The van der Waals surface area contributed by atoms with Crippen molar-refractivity contribution in [3.63, 3.8) is 0 Å². The number of amides is 1. The van der Waals surface area contributed by atoms with Crippen molar-refractivity contribution < 1.29 is 4.79 Å². The van der Waals surface area contributed by atoms with E-state index in [1.807, 2.05) is 4.90 Å². The van der Waals surface area contributed by atoms with Crippen LogP contribution in [-0.4, -0.2) is 37.0 Å². The minimum atomic E-state index is 0.207. The zero-order chi connectivity index (χ0) is 8.81. The summed E-state index contributed by atoms with van der Waals surface area (Å²) in [6, 6.07) is 0. The van der Waals surface area contributed by atoms with E-state index >= 15 is 0 Å². The fraction of sp³-hybridized carbons (Fsp3) is 0.778. The normalized spacial score (nSPS) is 17.9. The minimum absolute atomic E-state index is 0.207. The number of nitrogens with zero attached hydrogens (tertiary/aromatic N) is 1. The fourth-order valence-corrected chi connectivity index (χ4v) is 1.28. The van der Waals surface area contributed by atoms with Crippen LogP contribution in [0.2, 0.25) is 0 Å². The predicted molar refractivity (Wildman–Crippen MR) is 48.7 cm³/mol. The Labute approximate surface area is 74.1 Å². The summed E-state index contributed by atoms with van der Waals surface area (Å²) in [5.41, 5.74) is 0. The summed E-state index contributed by atoms with van der Waals surface area (Å²) >= 11 is 0. The lowest BCUT2D eigenvalue weighted by atomic mass is 10.2. The average molecular weight is 169 g/mol. The molecule has 0 aromatic carbocycles. The van der Waals surface area contributed by atoms with Crippen molar-refractivity contribution in [1.82, 2.24) is 10.2 Å². The largest absolute Gasteiger partial charge is 0.340 e. The Morgan fingerprint density at radius 1 is 1.50 bits per heavy atom. The van der Waals surface area contributed by atoms with Gasteiger partial charge in [0.05, 0.1) is 0 Å². The molecule has 0 aliphatic carbocycles. The van der Waals surface area contributed by atoms with Crippen molar-refractivity contribution >= 4 is 5.91 Å². The van der Waals surface area contributed by atoms with Gasteiger partial charge in [-0.25, -0.2) is 0 Å². The lowest BCUT2D eigenvalue weighted by Crippen LogP contribution is -2.46. The van der Waals surface area contributed by atoms with Crippen LogP contribution in [0.1, 0.15) is 19.8 Å². The van der Waals surface area contributed by atoms with E-state index in [1.165, 1.54) is 0 Å². The van der Waals surface area contributed by atoms with Crippen molar-refractivity contribution in [2.75, 3.05) is 26.2 Å². The smallest absolute Gasteiger partial charge is 0.226 e. The Kier molecular flexibility index (Phi) is 4.08. The Morgan fingerprint density at radius 3 is 2.75 bits per heavy atom. The SMILES string of the molecule is CCC[CH]C(=O)N1CCNCC1. The van der Waals surface area contributed by atoms with E-state index in [4.69, 9.17) is 0 Å². The molecule has 1 N–H and O–H groups in total. The van der Waals surface area contributed by atoms with Gasteiger partial charge in [0.2, 0.25) is 5.91 Å². The van der Waals surface area contributed by atoms with Crippen LogP contribution in [0.4, 0.5) is 0 Å². The molecule has 1 aliphatic rings. The molecule has 0 bridgehead atoms. The van der Waals surface area contributed by atoms with E-state index in [-0.39, 0.29) is 5.91 Å². The molecular formula is C9H17N2O. The Hall–Kier alpha value is -0.570. The van der Waals surface area contributed by atoms with E-state index in [0.29, 0.717) is 0 Å². The van der Waals surface area contributed by atoms with E-state index in [0.717, 1.165) is 39.0 Å². The predicted octanol–water partition coefficient (Wildman–Crippen LogP) is 0.423. The van der Waals surface area contributed by atoms with Crippen LogP contribution in [0, 0.1) is 6.42 Å². The summed E-state index contributed by atoms with van der Waals surface area (Å²) in [6.07, 6.45) is 3.76. The van der Waals surface area contributed by atoms with Gasteiger partial charge in [-0.2, -0.15) is 0 Å². The number of carbonyl (C=O) groups is 1. The summed E-state index contributed by atoms with van der Waals surface area (Å²) in [7, 11) is 0. The van der Waals surface area contributed by atoms with Crippen LogP contribution in [-0.2, 0) is 4.79 Å². The van der Waals surface area contributed by atoms with E-state index in [2.05, 4.69) is 12.2 Å². The maximum absolute atomic E-state index is 11.4. The molecule has 3 nitrogen and oxygen atoms in total. The zero-order valence-corrected chi connectivity index (χ0v) is 7.68. The Balaban J connectivity index is 2.20. The second-order valence-electron chi connectivity index (χ2n) is 3.07. The first-order chi connectivity index (χ1) is 5.84. The van der Waals surface area contributed by atoms with Gasteiger partial charge in [0.15, 0.2) is 0 Å². The van der Waals surface area contributed by atoms with Crippen molar-refractivity contribution in [2.24, 2.45) is 0 Å². The van der Waals surface area contributed by atoms with Gasteiger partial charge < -0.3 is 10.2 Å². The number of hydrogen-bond donors (Lipinski definition) is 1. The molecule has 0 spiro atoms. The van der Waals surface area contributed by atoms with Crippen molar-refractivity contribution in [3.8, 4) is 0 Å². The molecule has 1 fully saturated rings. The molecule has 1 amide bonds. The number of carbonyl (C=O) groups excluding carboxylic acids is 1. The topological polar surface area (TPSA) is 32.3 Å². The first-order valence-corrected chi connectivity index (χ1v) is 4.67. The Morgan fingerprint density at radius 2 is 2.17 bits per heavy atom. The fourth-order valence-electron chi connectivity index (χ4n) is 1.28. The summed E-state index contributed by atoms with van der Waals surface area (Å²) in [4.78, 5) is 13.3. The first-order valence-electron chi connectivity index (χ1n) is 4.67. The highest BCUT2D eigenvalue weighted by atomic mass is 16.2. The molecule has 69 valence electrons. The van der Waals surface area contributed by atoms with Crippen molar-refractivity contribution in [3.05, 3.63) is 6.42 Å². The highest BCUT2D eigenvalue weighted by Crippen LogP contribution is 2.00. The third-order valence-corrected chi connectivity index (χ3v) is 2.04. The monoisotopic (exact) mass is 169 g/mol. The van der Waals surface area contributed by atoms with Crippen molar-refractivity contribution in [2.45, 2.75) is 19.8 Å². The second-order valence-corrected chi connectivity index (χ2v) is 3.07. The minimum Gasteiger partial charge on any atom is -0.340 e. The standard InChI is InChI=1S/C9H17N2O/c1-2-3-4-9(12)11-7-5-10-6-8-11/h4,10H,2-3,5-8H2,1H3. The molecule has 1 aliphatic heterocycles. The average Bonchev–Trinajstić information content (AvgIpc) is 2.15. The summed E-state index contributed by atoms with van der Waals surface area (Å²) in [6.45, 7) is 5.68. The zero-order valence-electron chi connectivity index (χ0n) is 7.68. The molecule has 1 saturated heterocycles. The molecule has 1 rings (SSSR count). The highest BCUT2D eigenvalue weighted by molar-refractivity contribution is 5.84. The van der Waals surface area contributed by atoms with E-state index in [1.54, 1.807) is 6.42 Å². The van der Waals surface area contributed by atoms with Gasteiger partial charge in [0.25, 0.3) is 0 Å². The van der Waals surface area contributed by atoms with E-state index < -0.39 is 0 Å². The second kappa shape index (κ2) is 5.14. The third-order valence-electron chi connectivity index (χ3n) is 2.04. The van der Waals surface area contributed by atoms with Gasteiger partial charge in [0.1, 0.15) is 0 Å². The van der Waals surface area contributed by atoms with Gasteiger partial charge in [-0.3, -0.25) is 4.79 Å². The molecular weight excluding hydrogens is 152 g/mol. The van der Waals surface area contributed by atoms with Gasteiger partial charge >= 0.3 is 0 Å². The molecule has 0 unspecified atom stereocenters. The molecule has 1 heterocycles. The lowest BCUT2D eigenvalue weighted by molar-refractivity contribution is -0.128. The molecule has 0 aromatic heterocycles. The van der Waals surface area contributed by atoms with E-state index in [9.17, 15) is 4.79 Å². The van der Waals surface area contributed by atoms with Gasteiger partial charge in [-0.15, -0.1) is 0 Å². The molecule has 0 saturated carbocycles. The summed E-state index contributed by atoms with van der Waals surface area (Å²) in [5, 5.41) is 3.22. The number of hydrogen-bond acceptors (Lipinski definition) is 2. The van der Waals surface area contributed by atoms with Crippen LogP contribution in [0.3, 0.4) is 0 Å². The molecule has 0 atom stereocenters. The number of piperazine rings is 1. The maximum atomic E-state index is 11.4. The van der Waals surface area contributed by atoms with Crippen LogP contribution < -0.4 is 5.32 Å². The van der Waals surface area contributed by atoms with Crippen LogP contribution in [0.5, 0.6) is 0 Å². The number of unbranched alkanes of at least 4 members (excludes halogenated alkanes) is 1. The van der Waals surface area contributed by atoms with Crippen molar-refractivity contribution in [1.29, 1.82) is 0 Å². The number of rotatable bonds is 3. The lowest BCUT2D eigenvalue weighted by Gasteiger charge is -2.27. The maximum Gasteiger partial charge on any atom is 0.226 e. The summed E-state index contributed by atoms with van der Waals surface area (Å²) in [5.74, 6) is 0.207. The van der Waals surface area contributed by atoms with Gasteiger partial charge in [-0.1, -0.05) is 13.3 Å². The molecule has 1 radical (unpaired) electrons. The molecule has 0 aromatic rings. The highest BCUT2D eigenvalue weighted by Gasteiger charge is 2.14. The Bertz CT molecular complexity index is 141. The van der Waals surface area contributed by atoms with Gasteiger partial charge in [-0.05, 0) is 6.42 Å². The quantitative estimate of drug-likeness (QED) is 0.664.